The Bertz CT molecular complexity index is 3190. The molecular formula is C54H36N2. The van der Waals surface area contributed by atoms with Crippen molar-refractivity contribution < 1.29 is 0 Å². The summed E-state index contributed by atoms with van der Waals surface area (Å²) in [7, 11) is 0. The maximum atomic E-state index is 2.40. The predicted molar refractivity (Wildman–Crippen MR) is 237 cm³/mol. The minimum Gasteiger partial charge on any atom is -0.309 e. The zero-order valence-electron chi connectivity index (χ0n) is 30.7. The van der Waals surface area contributed by atoms with E-state index in [1.54, 1.807) is 0 Å². The Morgan fingerprint density at radius 3 is 1.09 bits per heavy atom. The van der Waals surface area contributed by atoms with E-state index in [4.69, 9.17) is 0 Å². The van der Waals surface area contributed by atoms with Crippen LogP contribution in [0.1, 0.15) is 0 Å². The van der Waals surface area contributed by atoms with Gasteiger partial charge in [0.2, 0.25) is 0 Å². The second-order valence-electron chi connectivity index (χ2n) is 14.6. The highest BCUT2D eigenvalue weighted by Crippen LogP contribution is 2.39. The van der Waals surface area contributed by atoms with E-state index in [-0.39, 0.29) is 0 Å². The number of nitrogens with zero attached hydrogens (tertiary/aromatic N) is 2. The van der Waals surface area contributed by atoms with Gasteiger partial charge in [0.15, 0.2) is 0 Å². The predicted octanol–water partition coefficient (Wildman–Crippen LogP) is 14.5. The largest absolute Gasteiger partial charge is 0.309 e. The maximum Gasteiger partial charge on any atom is 0.0547 e. The number of fused-ring (bicyclic) bond motifs is 6. The monoisotopic (exact) mass is 712 g/mol. The molecule has 262 valence electrons. The second-order valence-corrected chi connectivity index (χ2v) is 14.6. The molecule has 0 spiro atoms. The van der Waals surface area contributed by atoms with Crippen LogP contribution >= 0.6 is 0 Å². The third-order valence-electron chi connectivity index (χ3n) is 11.3. The van der Waals surface area contributed by atoms with Gasteiger partial charge in [-0.25, -0.2) is 0 Å². The summed E-state index contributed by atoms with van der Waals surface area (Å²) in [5.74, 6) is 0. The van der Waals surface area contributed by atoms with Gasteiger partial charge >= 0.3 is 0 Å². The smallest absolute Gasteiger partial charge is 0.0547 e. The Morgan fingerprint density at radius 2 is 0.536 bits per heavy atom. The van der Waals surface area contributed by atoms with Gasteiger partial charge in [-0.15, -0.1) is 0 Å². The highest BCUT2D eigenvalue weighted by molar-refractivity contribution is 6.13. The van der Waals surface area contributed by atoms with Crippen molar-refractivity contribution in [3.63, 3.8) is 0 Å². The summed E-state index contributed by atoms with van der Waals surface area (Å²) in [5.41, 5.74) is 16.8. The SMILES string of the molecule is c1ccc(-c2ccc(-c3ccc(-c4ccc5c(c4)c4cc(-c6ccc7c8ccccc8n(-c8ccccc8)c7c6)ccc4n5-c4ccccc4)cc3)cc2)cc1. The van der Waals surface area contributed by atoms with E-state index in [9.17, 15) is 0 Å². The van der Waals surface area contributed by atoms with Crippen LogP contribution in [0.5, 0.6) is 0 Å². The Labute approximate surface area is 325 Å². The molecule has 11 aromatic rings. The zero-order valence-corrected chi connectivity index (χ0v) is 30.7. The highest BCUT2D eigenvalue weighted by Gasteiger charge is 2.17. The first-order valence-corrected chi connectivity index (χ1v) is 19.3. The van der Waals surface area contributed by atoms with Gasteiger partial charge in [-0.1, -0.05) is 158 Å². The standard InChI is InChI=1S/C54H36N2/c1-4-12-37(13-5-1)38-20-22-39(23-21-38)40-24-26-41(27-25-40)42-29-32-52-49(34-42)50-35-43(30-33-53(50)55(52)45-14-6-2-7-15-45)44-28-31-48-47-18-10-11-19-51(47)56(54(48)36-44)46-16-8-3-9-17-46/h1-36H. The van der Waals surface area contributed by atoms with Crippen molar-refractivity contribution in [2.75, 3.05) is 0 Å². The van der Waals surface area contributed by atoms with Crippen molar-refractivity contribution in [3.8, 4) is 55.9 Å². The minimum atomic E-state index is 1.16. The molecule has 11 rings (SSSR count). The van der Waals surface area contributed by atoms with Crippen LogP contribution in [0, 0.1) is 0 Å². The molecule has 0 saturated carbocycles. The Morgan fingerprint density at radius 1 is 0.196 bits per heavy atom. The summed E-state index contributed by atoms with van der Waals surface area (Å²) in [6, 6.07) is 79.4. The molecule has 2 nitrogen and oxygen atoms in total. The lowest BCUT2D eigenvalue weighted by molar-refractivity contribution is 1.18. The van der Waals surface area contributed by atoms with Crippen LogP contribution in [-0.4, -0.2) is 9.13 Å². The molecule has 0 fully saturated rings. The van der Waals surface area contributed by atoms with Crippen LogP contribution in [0.4, 0.5) is 0 Å². The molecule has 0 saturated heterocycles. The topological polar surface area (TPSA) is 9.86 Å². The number of hydrogen-bond donors (Lipinski definition) is 0. The van der Waals surface area contributed by atoms with E-state index in [2.05, 4.69) is 228 Å². The quantitative estimate of drug-likeness (QED) is 0.162. The average Bonchev–Trinajstić information content (AvgIpc) is 3.79. The van der Waals surface area contributed by atoms with Crippen molar-refractivity contribution in [2.24, 2.45) is 0 Å². The third kappa shape index (κ3) is 5.34. The Balaban J connectivity index is 1.02. The van der Waals surface area contributed by atoms with Gasteiger partial charge in [-0.05, 0) is 105 Å². The van der Waals surface area contributed by atoms with Gasteiger partial charge in [0.25, 0.3) is 0 Å². The average molecular weight is 713 g/mol. The summed E-state index contributed by atoms with van der Waals surface area (Å²) in [5, 5.41) is 5.00. The van der Waals surface area contributed by atoms with Gasteiger partial charge in [0.1, 0.15) is 0 Å². The van der Waals surface area contributed by atoms with Crippen LogP contribution in [0.25, 0.3) is 99.5 Å². The van der Waals surface area contributed by atoms with E-state index >= 15 is 0 Å². The number of para-hydroxylation sites is 3. The molecule has 0 aliphatic heterocycles. The van der Waals surface area contributed by atoms with Gasteiger partial charge < -0.3 is 9.13 Å². The summed E-state index contributed by atoms with van der Waals surface area (Å²) in [4.78, 5) is 0. The van der Waals surface area contributed by atoms with Crippen LogP contribution < -0.4 is 0 Å². The fourth-order valence-corrected chi connectivity index (χ4v) is 8.58. The fourth-order valence-electron chi connectivity index (χ4n) is 8.58. The Kier molecular flexibility index (Phi) is 7.53. The summed E-state index contributed by atoms with van der Waals surface area (Å²) in [6.45, 7) is 0. The van der Waals surface area contributed by atoms with Crippen LogP contribution in [0.15, 0.2) is 218 Å². The lowest BCUT2D eigenvalue weighted by Gasteiger charge is -2.10. The van der Waals surface area contributed by atoms with E-state index in [0.29, 0.717) is 0 Å². The van der Waals surface area contributed by atoms with Gasteiger partial charge in [0, 0.05) is 32.9 Å². The lowest BCUT2D eigenvalue weighted by Crippen LogP contribution is -1.93. The summed E-state index contributed by atoms with van der Waals surface area (Å²) < 4.78 is 4.79. The van der Waals surface area contributed by atoms with Crippen molar-refractivity contribution in [2.45, 2.75) is 0 Å². The van der Waals surface area contributed by atoms with Crippen molar-refractivity contribution in [3.05, 3.63) is 218 Å². The first-order chi connectivity index (χ1) is 27.8. The molecule has 0 unspecified atom stereocenters. The van der Waals surface area contributed by atoms with Crippen LogP contribution in [-0.2, 0) is 0 Å². The maximum absolute atomic E-state index is 2.40. The molecule has 9 aromatic carbocycles. The van der Waals surface area contributed by atoms with Crippen molar-refractivity contribution in [1.29, 1.82) is 0 Å². The molecule has 0 amide bonds. The molecule has 0 N–H and O–H groups in total. The number of hydrogen-bond acceptors (Lipinski definition) is 0. The summed E-state index contributed by atoms with van der Waals surface area (Å²) in [6.07, 6.45) is 0. The molecule has 0 aliphatic carbocycles. The molecule has 0 atom stereocenters. The van der Waals surface area contributed by atoms with Gasteiger partial charge in [0.05, 0.1) is 22.1 Å². The first kappa shape index (κ1) is 32.0. The van der Waals surface area contributed by atoms with Crippen LogP contribution in [0.3, 0.4) is 0 Å². The Hall–Kier alpha value is -7.42. The van der Waals surface area contributed by atoms with E-state index in [0.717, 1.165) is 5.69 Å². The van der Waals surface area contributed by atoms with Crippen molar-refractivity contribution in [1.82, 2.24) is 9.13 Å². The van der Waals surface area contributed by atoms with E-state index in [1.165, 1.54) is 93.8 Å². The molecule has 2 aromatic heterocycles. The van der Waals surface area contributed by atoms with Gasteiger partial charge in [-0.3, -0.25) is 0 Å². The molecule has 2 heteroatoms. The molecule has 2 heterocycles. The van der Waals surface area contributed by atoms with E-state index < -0.39 is 0 Å². The second kappa shape index (κ2) is 13.2. The molecule has 0 aliphatic rings. The van der Waals surface area contributed by atoms with Crippen molar-refractivity contribution >= 4 is 43.6 Å². The van der Waals surface area contributed by atoms with Gasteiger partial charge in [-0.2, -0.15) is 0 Å². The first-order valence-electron chi connectivity index (χ1n) is 19.3. The number of benzene rings is 9. The van der Waals surface area contributed by atoms with E-state index in [1.807, 2.05) is 0 Å². The normalized spacial score (nSPS) is 11.6. The third-order valence-corrected chi connectivity index (χ3v) is 11.3. The fraction of sp³-hybridized carbons (Fsp3) is 0. The zero-order chi connectivity index (χ0) is 37.0. The van der Waals surface area contributed by atoms with Crippen LogP contribution in [0.2, 0.25) is 0 Å². The summed E-state index contributed by atoms with van der Waals surface area (Å²) >= 11 is 0. The lowest BCUT2D eigenvalue weighted by atomic mass is 9.97. The number of rotatable bonds is 6. The molecule has 56 heavy (non-hydrogen) atoms. The molecular weight excluding hydrogens is 677 g/mol. The minimum absolute atomic E-state index is 1.16. The molecule has 0 radical (unpaired) electrons. The molecule has 0 bridgehead atoms. The highest BCUT2D eigenvalue weighted by atomic mass is 15.0. The number of aromatic nitrogens is 2.